The highest BCUT2D eigenvalue weighted by Crippen LogP contribution is 2.10. The van der Waals surface area contributed by atoms with Crippen LogP contribution in [0.3, 0.4) is 0 Å². The standard InChI is InChI=1S/C7H14N4OS/c1-2-3-12-4-6(9-8)7-5-13-11-10-7/h5-6,9H,2-4,8H2,1H3. The van der Waals surface area contributed by atoms with E-state index in [1.165, 1.54) is 11.5 Å². The molecule has 74 valence electrons. The van der Waals surface area contributed by atoms with Crippen molar-refractivity contribution >= 4 is 11.5 Å². The second-order valence-electron chi connectivity index (χ2n) is 2.62. The molecule has 0 radical (unpaired) electrons. The molecule has 0 aromatic carbocycles. The molecule has 1 aromatic rings. The van der Waals surface area contributed by atoms with Gasteiger partial charge in [0.25, 0.3) is 0 Å². The summed E-state index contributed by atoms with van der Waals surface area (Å²) in [5, 5.41) is 5.77. The zero-order valence-electron chi connectivity index (χ0n) is 7.56. The van der Waals surface area contributed by atoms with Crippen LogP contribution in [0.25, 0.3) is 0 Å². The molecule has 0 aliphatic heterocycles. The topological polar surface area (TPSA) is 73.1 Å². The van der Waals surface area contributed by atoms with Crippen molar-refractivity contribution in [1.82, 2.24) is 15.0 Å². The van der Waals surface area contributed by atoms with Crippen LogP contribution in [-0.2, 0) is 4.74 Å². The zero-order valence-corrected chi connectivity index (χ0v) is 8.38. The lowest BCUT2D eigenvalue weighted by Crippen LogP contribution is -2.31. The maximum atomic E-state index is 5.35. The van der Waals surface area contributed by atoms with E-state index in [4.69, 9.17) is 10.6 Å². The Kier molecular flexibility index (Phi) is 4.84. The fourth-order valence-electron chi connectivity index (χ4n) is 0.888. The largest absolute Gasteiger partial charge is 0.379 e. The third kappa shape index (κ3) is 3.35. The van der Waals surface area contributed by atoms with Crippen LogP contribution in [0.1, 0.15) is 25.1 Å². The molecular formula is C7H14N4OS. The van der Waals surface area contributed by atoms with E-state index >= 15 is 0 Å². The summed E-state index contributed by atoms with van der Waals surface area (Å²) in [5.41, 5.74) is 3.48. The van der Waals surface area contributed by atoms with E-state index in [1.807, 2.05) is 5.38 Å². The Hall–Kier alpha value is -0.560. The lowest BCUT2D eigenvalue weighted by Gasteiger charge is -2.12. The molecule has 5 nitrogen and oxygen atoms in total. The summed E-state index contributed by atoms with van der Waals surface area (Å²) in [6.45, 7) is 3.35. The van der Waals surface area contributed by atoms with Gasteiger partial charge >= 0.3 is 0 Å². The van der Waals surface area contributed by atoms with Crippen LogP contribution in [0.15, 0.2) is 5.38 Å². The summed E-state index contributed by atoms with van der Waals surface area (Å²) in [4.78, 5) is 0. The summed E-state index contributed by atoms with van der Waals surface area (Å²) in [5.74, 6) is 5.35. The smallest absolute Gasteiger partial charge is 0.0961 e. The molecule has 1 unspecified atom stereocenters. The van der Waals surface area contributed by atoms with Gasteiger partial charge in [-0.3, -0.25) is 5.84 Å². The van der Waals surface area contributed by atoms with E-state index in [1.54, 1.807) is 0 Å². The quantitative estimate of drug-likeness (QED) is 0.398. The van der Waals surface area contributed by atoms with E-state index in [9.17, 15) is 0 Å². The van der Waals surface area contributed by atoms with E-state index in [2.05, 4.69) is 21.9 Å². The van der Waals surface area contributed by atoms with Gasteiger partial charge in [-0.25, -0.2) is 5.43 Å². The molecule has 0 saturated heterocycles. The molecule has 3 N–H and O–H groups in total. The van der Waals surface area contributed by atoms with Crippen molar-refractivity contribution in [3.05, 3.63) is 11.1 Å². The van der Waals surface area contributed by atoms with Crippen molar-refractivity contribution in [1.29, 1.82) is 0 Å². The van der Waals surface area contributed by atoms with Gasteiger partial charge in [-0.15, -0.1) is 5.10 Å². The summed E-state index contributed by atoms with van der Waals surface area (Å²) in [7, 11) is 0. The Balaban J connectivity index is 2.35. The molecule has 0 bridgehead atoms. The number of rotatable bonds is 6. The van der Waals surface area contributed by atoms with Gasteiger partial charge in [0.15, 0.2) is 0 Å². The van der Waals surface area contributed by atoms with E-state index < -0.39 is 0 Å². The number of hydrogen-bond donors (Lipinski definition) is 2. The number of nitrogens with zero attached hydrogens (tertiary/aromatic N) is 2. The second-order valence-corrected chi connectivity index (χ2v) is 3.23. The monoisotopic (exact) mass is 202 g/mol. The van der Waals surface area contributed by atoms with Crippen molar-refractivity contribution in [3.63, 3.8) is 0 Å². The average Bonchev–Trinajstić information content (AvgIpc) is 2.65. The number of hydrazine groups is 1. The van der Waals surface area contributed by atoms with E-state index in [0.717, 1.165) is 18.7 Å². The van der Waals surface area contributed by atoms with Crippen molar-refractivity contribution in [3.8, 4) is 0 Å². The van der Waals surface area contributed by atoms with Gasteiger partial charge in [-0.05, 0) is 18.0 Å². The maximum absolute atomic E-state index is 5.35. The van der Waals surface area contributed by atoms with Gasteiger partial charge in [0.2, 0.25) is 0 Å². The van der Waals surface area contributed by atoms with Crippen LogP contribution < -0.4 is 11.3 Å². The molecule has 0 aliphatic carbocycles. The maximum Gasteiger partial charge on any atom is 0.0961 e. The molecule has 1 aromatic heterocycles. The Morgan fingerprint density at radius 1 is 1.77 bits per heavy atom. The van der Waals surface area contributed by atoms with Crippen LogP contribution >= 0.6 is 11.5 Å². The van der Waals surface area contributed by atoms with Crippen LogP contribution in [0.4, 0.5) is 0 Å². The molecule has 1 atom stereocenters. The molecule has 1 rings (SSSR count). The highest BCUT2D eigenvalue weighted by Gasteiger charge is 2.11. The first kappa shape index (κ1) is 10.5. The number of ether oxygens (including phenoxy) is 1. The summed E-state index contributed by atoms with van der Waals surface area (Å²) < 4.78 is 9.11. The van der Waals surface area contributed by atoms with Crippen molar-refractivity contribution < 1.29 is 4.74 Å². The van der Waals surface area contributed by atoms with Gasteiger partial charge in [0.05, 0.1) is 18.3 Å². The van der Waals surface area contributed by atoms with Crippen molar-refractivity contribution in [2.45, 2.75) is 19.4 Å². The zero-order chi connectivity index (χ0) is 9.52. The molecule has 13 heavy (non-hydrogen) atoms. The molecule has 0 spiro atoms. The first-order chi connectivity index (χ1) is 6.38. The fourth-order valence-corrected chi connectivity index (χ4v) is 1.40. The van der Waals surface area contributed by atoms with Gasteiger partial charge in [0, 0.05) is 12.0 Å². The minimum absolute atomic E-state index is 0.0506. The van der Waals surface area contributed by atoms with Gasteiger partial charge < -0.3 is 4.74 Å². The van der Waals surface area contributed by atoms with Crippen LogP contribution in [-0.4, -0.2) is 22.8 Å². The average molecular weight is 202 g/mol. The highest BCUT2D eigenvalue weighted by molar-refractivity contribution is 7.03. The number of nitrogens with one attached hydrogen (secondary N) is 1. The lowest BCUT2D eigenvalue weighted by atomic mass is 10.2. The minimum Gasteiger partial charge on any atom is -0.379 e. The van der Waals surface area contributed by atoms with Crippen molar-refractivity contribution in [2.75, 3.05) is 13.2 Å². The SMILES string of the molecule is CCCOCC(NN)c1csnn1. The molecule has 0 fully saturated rings. The van der Waals surface area contributed by atoms with Crippen molar-refractivity contribution in [2.24, 2.45) is 5.84 Å². The molecule has 6 heteroatoms. The van der Waals surface area contributed by atoms with E-state index in [-0.39, 0.29) is 6.04 Å². The van der Waals surface area contributed by atoms with Gasteiger partial charge in [-0.2, -0.15) is 0 Å². The molecule has 0 saturated carbocycles. The fraction of sp³-hybridized carbons (Fsp3) is 0.714. The third-order valence-corrected chi connectivity index (χ3v) is 2.09. The molecular weight excluding hydrogens is 188 g/mol. The summed E-state index contributed by atoms with van der Waals surface area (Å²) >= 11 is 1.31. The first-order valence-electron chi connectivity index (χ1n) is 4.19. The number of aromatic nitrogens is 2. The number of nitrogens with two attached hydrogens (primary N) is 1. The predicted molar refractivity (Wildman–Crippen MR) is 51.1 cm³/mol. The van der Waals surface area contributed by atoms with Gasteiger partial charge in [0.1, 0.15) is 0 Å². The Morgan fingerprint density at radius 3 is 3.15 bits per heavy atom. The number of hydrogen-bond acceptors (Lipinski definition) is 6. The van der Waals surface area contributed by atoms with Gasteiger partial charge in [-0.1, -0.05) is 11.4 Å². The molecule has 0 amide bonds. The van der Waals surface area contributed by atoms with Crippen LogP contribution in [0, 0.1) is 0 Å². The highest BCUT2D eigenvalue weighted by atomic mass is 32.1. The van der Waals surface area contributed by atoms with Crippen LogP contribution in [0.5, 0.6) is 0 Å². The Labute approximate surface area is 81.4 Å². The summed E-state index contributed by atoms with van der Waals surface area (Å²) in [6.07, 6.45) is 1.01. The normalized spacial score (nSPS) is 13.1. The molecule has 1 heterocycles. The summed E-state index contributed by atoms with van der Waals surface area (Å²) in [6, 6.07) is -0.0506. The predicted octanol–water partition coefficient (Wildman–Crippen LogP) is 0.469. The second kappa shape index (κ2) is 5.98. The lowest BCUT2D eigenvalue weighted by molar-refractivity contribution is 0.111. The molecule has 0 aliphatic rings. The Morgan fingerprint density at radius 2 is 2.62 bits per heavy atom. The van der Waals surface area contributed by atoms with Crippen LogP contribution in [0.2, 0.25) is 0 Å². The Bertz CT molecular complexity index is 216. The first-order valence-corrected chi connectivity index (χ1v) is 5.03. The third-order valence-electron chi connectivity index (χ3n) is 1.57. The van der Waals surface area contributed by atoms with E-state index in [0.29, 0.717) is 6.61 Å². The minimum atomic E-state index is -0.0506.